The fourth-order valence-electron chi connectivity index (χ4n) is 2.66. The van der Waals surface area contributed by atoms with Crippen molar-refractivity contribution in [1.29, 1.82) is 0 Å². The zero-order chi connectivity index (χ0) is 20.6. The highest BCUT2D eigenvalue weighted by atomic mass is 35.5. The number of allylic oxidation sites excluding steroid dienone is 1. The Labute approximate surface area is 185 Å². The molecule has 0 spiro atoms. The number of thioether (sulfide) groups is 1. The molecule has 9 heteroatoms. The maximum atomic E-state index is 13.0. The number of benzene rings is 1. The second-order valence-corrected chi connectivity index (χ2v) is 9.31. The van der Waals surface area contributed by atoms with Gasteiger partial charge in [0.25, 0.3) is 5.56 Å². The van der Waals surface area contributed by atoms with Crippen LogP contribution in [0.5, 0.6) is 0 Å². The molecule has 0 unspecified atom stereocenters. The van der Waals surface area contributed by atoms with Gasteiger partial charge in [0.15, 0.2) is 10.9 Å². The summed E-state index contributed by atoms with van der Waals surface area (Å²) in [6, 6.07) is 3.07. The number of Topliss-reactive ketones (excluding diaryl/α,β-unsaturated/α-hetero) is 1. The molecular formula is C19H15Cl3N2O2S2. The number of aryl methyl sites for hydroxylation is 2. The predicted octanol–water partition coefficient (Wildman–Crippen LogP) is 6.20. The van der Waals surface area contributed by atoms with E-state index in [1.807, 2.05) is 13.8 Å². The number of rotatable bonds is 6. The lowest BCUT2D eigenvalue weighted by Crippen LogP contribution is -2.23. The Morgan fingerprint density at radius 3 is 2.68 bits per heavy atom. The Morgan fingerprint density at radius 1 is 1.29 bits per heavy atom. The van der Waals surface area contributed by atoms with Crippen LogP contribution in [0.3, 0.4) is 0 Å². The Balaban J connectivity index is 1.97. The van der Waals surface area contributed by atoms with Crippen LogP contribution in [0.25, 0.3) is 10.2 Å². The molecular weight excluding hydrogens is 459 g/mol. The molecule has 0 atom stereocenters. The van der Waals surface area contributed by atoms with E-state index in [0.717, 1.165) is 10.4 Å². The maximum absolute atomic E-state index is 13.0. The van der Waals surface area contributed by atoms with Gasteiger partial charge < -0.3 is 0 Å². The number of aromatic nitrogens is 2. The number of fused-ring (bicyclic) bond motifs is 1. The summed E-state index contributed by atoms with van der Waals surface area (Å²) < 4.78 is 1.53. The van der Waals surface area contributed by atoms with E-state index in [1.54, 1.807) is 12.1 Å². The van der Waals surface area contributed by atoms with E-state index in [4.69, 9.17) is 34.8 Å². The van der Waals surface area contributed by atoms with Crippen LogP contribution in [-0.4, -0.2) is 21.1 Å². The smallest absolute Gasteiger partial charge is 0.263 e. The number of thiophene rings is 1. The molecule has 0 saturated heterocycles. The van der Waals surface area contributed by atoms with Crippen molar-refractivity contribution >= 4 is 73.9 Å². The largest absolute Gasteiger partial charge is 0.293 e. The minimum Gasteiger partial charge on any atom is -0.293 e. The van der Waals surface area contributed by atoms with E-state index >= 15 is 0 Å². The molecule has 1 aromatic carbocycles. The molecule has 0 aliphatic rings. The number of halogens is 3. The third-order valence-electron chi connectivity index (χ3n) is 4.23. The number of hydrogen-bond donors (Lipinski definition) is 0. The van der Waals surface area contributed by atoms with Gasteiger partial charge in [0.05, 0.1) is 26.2 Å². The highest BCUT2D eigenvalue weighted by Crippen LogP contribution is 2.34. The average molecular weight is 474 g/mol. The highest BCUT2D eigenvalue weighted by molar-refractivity contribution is 7.99. The van der Waals surface area contributed by atoms with Gasteiger partial charge in [-0.3, -0.25) is 14.2 Å². The Bertz CT molecular complexity index is 1170. The minimum atomic E-state index is -0.230. The Kier molecular flexibility index (Phi) is 6.57. The molecule has 3 rings (SSSR count). The lowest BCUT2D eigenvalue weighted by molar-refractivity contribution is 0.102. The number of carbonyl (C=O) groups excluding carboxylic acids is 1. The molecule has 0 amide bonds. The van der Waals surface area contributed by atoms with Gasteiger partial charge in [0.1, 0.15) is 4.83 Å². The van der Waals surface area contributed by atoms with Gasteiger partial charge in [0.2, 0.25) is 0 Å². The first-order chi connectivity index (χ1) is 13.3. The predicted molar refractivity (Wildman–Crippen MR) is 120 cm³/mol. The van der Waals surface area contributed by atoms with Crippen molar-refractivity contribution in [2.75, 3.05) is 5.75 Å². The quantitative estimate of drug-likeness (QED) is 0.141. The molecule has 0 saturated carbocycles. The SMILES string of the molecule is C=CCn1c(SCC(=O)c2ccc(Cl)c(Cl)c2Cl)nc2sc(C)c(C)c2c1=O. The fraction of sp³-hybridized carbons (Fsp3) is 0.211. The molecule has 4 nitrogen and oxygen atoms in total. The Morgan fingerprint density at radius 2 is 2.00 bits per heavy atom. The number of ketones is 1. The zero-order valence-electron chi connectivity index (χ0n) is 15.0. The van der Waals surface area contributed by atoms with Crippen molar-refractivity contribution in [3.05, 3.63) is 66.2 Å². The number of carbonyl (C=O) groups is 1. The van der Waals surface area contributed by atoms with Gasteiger partial charge in [-0.1, -0.05) is 52.6 Å². The van der Waals surface area contributed by atoms with Gasteiger partial charge in [-0.25, -0.2) is 4.98 Å². The monoisotopic (exact) mass is 472 g/mol. The van der Waals surface area contributed by atoms with E-state index in [0.29, 0.717) is 21.9 Å². The fourth-order valence-corrected chi connectivity index (χ4v) is 5.26. The molecule has 2 aromatic heterocycles. The lowest BCUT2D eigenvalue weighted by Gasteiger charge is -2.11. The van der Waals surface area contributed by atoms with Crippen LogP contribution in [0, 0.1) is 13.8 Å². The van der Waals surface area contributed by atoms with E-state index < -0.39 is 0 Å². The van der Waals surface area contributed by atoms with E-state index in [9.17, 15) is 9.59 Å². The summed E-state index contributed by atoms with van der Waals surface area (Å²) in [7, 11) is 0. The summed E-state index contributed by atoms with van der Waals surface area (Å²) in [5.41, 5.74) is 1.09. The third kappa shape index (κ3) is 3.89. The minimum absolute atomic E-state index is 0.0517. The zero-order valence-corrected chi connectivity index (χ0v) is 18.9. The van der Waals surface area contributed by atoms with Gasteiger partial charge >= 0.3 is 0 Å². The normalized spacial score (nSPS) is 11.2. The average Bonchev–Trinajstić information content (AvgIpc) is 2.94. The third-order valence-corrected chi connectivity index (χ3v) is 7.60. The Hall–Kier alpha value is -1.31. The molecule has 3 aromatic rings. The summed E-state index contributed by atoms with van der Waals surface area (Å²) in [5, 5.41) is 1.63. The highest BCUT2D eigenvalue weighted by Gasteiger charge is 2.19. The van der Waals surface area contributed by atoms with Crippen LogP contribution >= 0.6 is 57.9 Å². The van der Waals surface area contributed by atoms with Crippen LogP contribution in [0.15, 0.2) is 34.7 Å². The second kappa shape index (κ2) is 8.59. The first kappa shape index (κ1) is 21.4. The summed E-state index contributed by atoms with van der Waals surface area (Å²) in [5.74, 6) is -0.178. The molecule has 0 N–H and O–H groups in total. The van der Waals surface area contributed by atoms with Crippen molar-refractivity contribution in [3.8, 4) is 0 Å². The van der Waals surface area contributed by atoms with Gasteiger partial charge in [-0.05, 0) is 31.5 Å². The van der Waals surface area contributed by atoms with E-state index in [2.05, 4.69) is 11.6 Å². The lowest BCUT2D eigenvalue weighted by atomic mass is 10.1. The van der Waals surface area contributed by atoms with Gasteiger partial charge in [-0.2, -0.15) is 0 Å². The van der Waals surface area contributed by atoms with Crippen LogP contribution in [0.4, 0.5) is 0 Å². The van der Waals surface area contributed by atoms with Crippen LogP contribution in [-0.2, 0) is 6.54 Å². The standard InChI is InChI=1S/C19H15Cl3N2O2S2/c1-4-7-24-18(26)14-9(2)10(3)28-17(14)23-19(24)27-8-13(25)11-5-6-12(20)16(22)15(11)21/h4-6H,1,7-8H2,2-3H3. The van der Waals surface area contributed by atoms with Crippen molar-refractivity contribution in [2.45, 2.75) is 25.5 Å². The summed E-state index contributed by atoms with van der Waals surface area (Å²) in [4.78, 5) is 31.9. The van der Waals surface area contributed by atoms with Crippen LogP contribution < -0.4 is 5.56 Å². The number of nitrogens with zero attached hydrogens (tertiary/aromatic N) is 2. The molecule has 0 aliphatic heterocycles. The maximum Gasteiger partial charge on any atom is 0.263 e. The molecule has 2 heterocycles. The van der Waals surface area contributed by atoms with Crippen molar-refractivity contribution in [3.63, 3.8) is 0 Å². The van der Waals surface area contributed by atoms with Crippen molar-refractivity contribution < 1.29 is 4.79 Å². The first-order valence-electron chi connectivity index (χ1n) is 8.17. The molecule has 0 aliphatic carbocycles. The summed E-state index contributed by atoms with van der Waals surface area (Å²) in [6.45, 7) is 7.89. The topological polar surface area (TPSA) is 52.0 Å². The molecule has 0 fully saturated rings. The second-order valence-electron chi connectivity index (χ2n) is 6.00. The molecule has 0 bridgehead atoms. The van der Waals surface area contributed by atoms with Gasteiger partial charge in [-0.15, -0.1) is 17.9 Å². The molecule has 28 heavy (non-hydrogen) atoms. The van der Waals surface area contributed by atoms with Crippen molar-refractivity contribution in [1.82, 2.24) is 9.55 Å². The molecule has 146 valence electrons. The first-order valence-corrected chi connectivity index (χ1v) is 11.1. The summed E-state index contributed by atoms with van der Waals surface area (Å²) in [6.07, 6.45) is 1.63. The van der Waals surface area contributed by atoms with Crippen molar-refractivity contribution in [2.24, 2.45) is 0 Å². The van der Waals surface area contributed by atoms with Crippen LogP contribution in [0.1, 0.15) is 20.8 Å². The van der Waals surface area contributed by atoms with Gasteiger partial charge in [0, 0.05) is 17.0 Å². The molecule has 0 radical (unpaired) electrons. The van der Waals surface area contributed by atoms with Crippen LogP contribution in [0.2, 0.25) is 15.1 Å². The van der Waals surface area contributed by atoms with E-state index in [1.165, 1.54) is 33.7 Å². The van der Waals surface area contributed by atoms with E-state index in [-0.39, 0.29) is 37.7 Å². The number of hydrogen-bond acceptors (Lipinski definition) is 5. The summed E-state index contributed by atoms with van der Waals surface area (Å²) >= 11 is 20.7.